The highest BCUT2D eigenvalue weighted by Crippen LogP contribution is 2.28. The number of aromatic nitrogens is 1. The predicted octanol–water partition coefficient (Wildman–Crippen LogP) is 3.68. The zero-order valence-electron chi connectivity index (χ0n) is 19.7. The number of likely N-dealkylation sites (tertiary alicyclic amines) is 1. The van der Waals surface area contributed by atoms with E-state index in [2.05, 4.69) is 11.1 Å². The maximum atomic E-state index is 12.7. The van der Waals surface area contributed by atoms with E-state index in [9.17, 15) is 28.0 Å². The third-order valence-corrected chi connectivity index (χ3v) is 5.76. The lowest BCUT2D eigenvalue weighted by Crippen LogP contribution is -2.46. The van der Waals surface area contributed by atoms with Crippen molar-refractivity contribution >= 4 is 28.7 Å². The van der Waals surface area contributed by atoms with Crippen LogP contribution >= 0.6 is 0 Å². The molecule has 1 amide bonds. The highest BCUT2D eigenvalue weighted by atomic mass is 19.4. The van der Waals surface area contributed by atoms with Gasteiger partial charge >= 0.3 is 18.1 Å². The molecule has 4 rings (SSSR count). The molecule has 1 fully saturated rings. The van der Waals surface area contributed by atoms with Gasteiger partial charge in [-0.3, -0.25) is 4.79 Å². The Bertz CT molecular complexity index is 1360. The van der Waals surface area contributed by atoms with Gasteiger partial charge in [-0.05, 0) is 67.3 Å². The Morgan fingerprint density at radius 1 is 1.16 bits per heavy atom. The number of carboxylic acids is 2. The summed E-state index contributed by atoms with van der Waals surface area (Å²) < 4.78 is 37.6. The van der Waals surface area contributed by atoms with E-state index < -0.39 is 30.2 Å². The quantitative estimate of drug-likeness (QED) is 0.373. The molecule has 5 N–H and O–H groups in total. The van der Waals surface area contributed by atoms with Gasteiger partial charge in [-0.2, -0.15) is 18.4 Å². The number of aliphatic carboxylic acids is 1. The molecule has 13 heteroatoms. The number of ether oxygens (including phenoxy) is 1. The number of carboxylic acid groups (broad SMARTS) is 2. The van der Waals surface area contributed by atoms with Gasteiger partial charge in [0.1, 0.15) is 17.5 Å². The summed E-state index contributed by atoms with van der Waals surface area (Å²) >= 11 is 0. The van der Waals surface area contributed by atoms with Crippen LogP contribution in [0.15, 0.2) is 48.7 Å². The van der Waals surface area contributed by atoms with Crippen LogP contribution in [0.2, 0.25) is 0 Å². The number of aromatic carboxylic acids is 1. The van der Waals surface area contributed by atoms with Crippen molar-refractivity contribution in [1.29, 1.82) is 5.26 Å². The molecule has 0 unspecified atom stereocenters. The second-order valence-corrected chi connectivity index (χ2v) is 8.39. The SMILES string of the molecule is N#C[C@@H]1CCCN1C(=O)[C@@H](N)Cc1c[nH]c2ccc(Oc3ccc(C(=O)O)cc3)cc12.O=C(O)C(F)(F)F. The van der Waals surface area contributed by atoms with Crippen LogP contribution in [0.3, 0.4) is 0 Å². The molecule has 1 saturated heterocycles. The zero-order valence-corrected chi connectivity index (χ0v) is 19.7. The third kappa shape index (κ3) is 6.80. The smallest absolute Gasteiger partial charge is 0.478 e. The lowest BCUT2D eigenvalue weighted by molar-refractivity contribution is -0.192. The van der Waals surface area contributed by atoms with Crippen LogP contribution in [0.25, 0.3) is 10.9 Å². The highest BCUT2D eigenvalue weighted by Gasteiger charge is 2.38. The Labute approximate surface area is 214 Å². The molecule has 1 aromatic heterocycles. The summed E-state index contributed by atoms with van der Waals surface area (Å²) in [6.45, 7) is 0.567. The third-order valence-electron chi connectivity index (χ3n) is 5.76. The normalized spacial score (nSPS) is 15.8. The van der Waals surface area contributed by atoms with E-state index in [0.717, 1.165) is 22.9 Å². The Morgan fingerprint density at radius 2 is 1.79 bits per heavy atom. The van der Waals surface area contributed by atoms with E-state index in [1.807, 2.05) is 18.3 Å². The van der Waals surface area contributed by atoms with Gasteiger partial charge in [-0.1, -0.05) is 0 Å². The van der Waals surface area contributed by atoms with Crippen LogP contribution in [0.5, 0.6) is 11.5 Å². The number of aromatic amines is 1. The van der Waals surface area contributed by atoms with E-state index in [1.165, 1.54) is 12.1 Å². The number of rotatable bonds is 6. The number of nitrogens with two attached hydrogens (primary N) is 1. The molecular weight excluding hydrogens is 509 g/mol. The Morgan fingerprint density at radius 3 is 2.37 bits per heavy atom. The van der Waals surface area contributed by atoms with Gasteiger partial charge in [0.2, 0.25) is 5.91 Å². The number of alkyl halides is 3. The van der Waals surface area contributed by atoms with E-state index in [4.69, 9.17) is 25.5 Å². The number of benzene rings is 2. The second kappa shape index (κ2) is 11.7. The number of nitrogens with one attached hydrogen (secondary N) is 1. The van der Waals surface area contributed by atoms with Gasteiger partial charge < -0.3 is 30.6 Å². The summed E-state index contributed by atoms with van der Waals surface area (Å²) in [5.74, 6) is -2.85. The molecule has 1 aliphatic rings. The fraction of sp³-hybridized carbons (Fsp3) is 0.280. The number of carbonyl (C=O) groups excluding carboxylic acids is 1. The molecule has 0 saturated carbocycles. The van der Waals surface area contributed by atoms with Crippen molar-refractivity contribution in [3.05, 3.63) is 59.8 Å². The van der Waals surface area contributed by atoms with Crippen molar-refractivity contribution in [2.75, 3.05) is 6.54 Å². The topological polar surface area (TPSA) is 170 Å². The zero-order chi connectivity index (χ0) is 28.0. The highest BCUT2D eigenvalue weighted by molar-refractivity contribution is 5.88. The van der Waals surface area contributed by atoms with Crippen LogP contribution < -0.4 is 10.5 Å². The minimum absolute atomic E-state index is 0.186. The summed E-state index contributed by atoms with van der Waals surface area (Å²) in [4.78, 5) is 37.4. The van der Waals surface area contributed by atoms with Crippen molar-refractivity contribution in [3.63, 3.8) is 0 Å². The van der Waals surface area contributed by atoms with Gasteiger partial charge in [0.15, 0.2) is 0 Å². The first-order valence-corrected chi connectivity index (χ1v) is 11.3. The van der Waals surface area contributed by atoms with E-state index in [-0.39, 0.29) is 11.5 Å². The lowest BCUT2D eigenvalue weighted by atomic mass is 10.0. The number of hydrogen-bond acceptors (Lipinski definition) is 6. The first-order valence-electron chi connectivity index (χ1n) is 11.3. The number of amides is 1. The molecule has 3 aromatic rings. The number of halogens is 3. The Hall–Kier alpha value is -4.57. The number of nitriles is 1. The molecule has 2 atom stereocenters. The summed E-state index contributed by atoms with van der Waals surface area (Å²) in [5.41, 5.74) is 8.16. The Kier molecular flexibility index (Phi) is 8.59. The monoisotopic (exact) mass is 532 g/mol. The minimum Gasteiger partial charge on any atom is -0.478 e. The largest absolute Gasteiger partial charge is 0.490 e. The second-order valence-electron chi connectivity index (χ2n) is 8.39. The molecule has 0 radical (unpaired) electrons. The molecule has 200 valence electrons. The minimum atomic E-state index is -5.08. The van der Waals surface area contributed by atoms with Crippen molar-refractivity contribution in [3.8, 4) is 17.6 Å². The predicted molar refractivity (Wildman–Crippen MR) is 127 cm³/mol. The number of hydrogen-bond donors (Lipinski definition) is 4. The molecule has 38 heavy (non-hydrogen) atoms. The van der Waals surface area contributed by atoms with Crippen molar-refractivity contribution < 1.29 is 42.5 Å². The van der Waals surface area contributed by atoms with E-state index in [0.29, 0.717) is 30.9 Å². The first-order chi connectivity index (χ1) is 17.9. The summed E-state index contributed by atoms with van der Waals surface area (Å²) in [6.07, 6.45) is -1.41. The molecule has 0 spiro atoms. The van der Waals surface area contributed by atoms with Crippen LogP contribution in [0, 0.1) is 11.3 Å². The van der Waals surface area contributed by atoms with E-state index in [1.54, 1.807) is 23.1 Å². The van der Waals surface area contributed by atoms with Crippen molar-refractivity contribution in [2.24, 2.45) is 5.73 Å². The maximum absolute atomic E-state index is 12.7. The van der Waals surface area contributed by atoms with Gasteiger partial charge in [0.25, 0.3) is 0 Å². The van der Waals surface area contributed by atoms with Gasteiger partial charge in [-0.25, -0.2) is 9.59 Å². The fourth-order valence-electron chi connectivity index (χ4n) is 3.89. The summed E-state index contributed by atoms with van der Waals surface area (Å²) in [5, 5.41) is 26.2. The van der Waals surface area contributed by atoms with Crippen LogP contribution in [0.1, 0.15) is 28.8 Å². The molecule has 0 aliphatic carbocycles. The van der Waals surface area contributed by atoms with Crippen LogP contribution in [-0.4, -0.2) is 62.7 Å². The molecule has 2 aromatic carbocycles. The number of carbonyl (C=O) groups is 3. The van der Waals surface area contributed by atoms with Crippen LogP contribution in [-0.2, 0) is 16.0 Å². The van der Waals surface area contributed by atoms with Gasteiger partial charge in [0.05, 0.1) is 17.7 Å². The fourth-order valence-corrected chi connectivity index (χ4v) is 3.89. The molecule has 10 nitrogen and oxygen atoms in total. The van der Waals surface area contributed by atoms with Crippen LogP contribution in [0.4, 0.5) is 13.2 Å². The van der Waals surface area contributed by atoms with Gasteiger partial charge in [-0.15, -0.1) is 0 Å². The maximum Gasteiger partial charge on any atom is 0.490 e. The first kappa shape index (κ1) is 28.0. The number of nitrogens with zero attached hydrogens (tertiary/aromatic N) is 2. The van der Waals surface area contributed by atoms with Gasteiger partial charge in [0, 0.05) is 23.6 Å². The molecule has 0 bridgehead atoms. The molecular formula is C25H23F3N4O6. The average molecular weight is 532 g/mol. The average Bonchev–Trinajstić information content (AvgIpc) is 3.50. The molecule has 2 heterocycles. The summed E-state index contributed by atoms with van der Waals surface area (Å²) in [7, 11) is 0. The standard InChI is InChI=1S/C23H22N4O4.C2HF3O2/c24-12-16-2-1-9-27(16)22(28)20(25)10-15-13-26-21-8-7-18(11-19(15)21)31-17-5-3-14(4-6-17)23(29)30;3-2(4,5)1(6)7/h3-8,11,13,16,20,26H,1-2,9-10,25H2,(H,29,30);(H,6,7)/t16-,20-;/m0./s1. The van der Waals surface area contributed by atoms with E-state index >= 15 is 0 Å². The van der Waals surface area contributed by atoms with Crippen molar-refractivity contribution in [1.82, 2.24) is 9.88 Å². The lowest BCUT2D eigenvalue weighted by Gasteiger charge is -2.23. The summed E-state index contributed by atoms with van der Waals surface area (Å²) in [6, 6.07) is 12.7. The number of fused-ring (bicyclic) bond motifs is 1. The number of H-pyrrole nitrogens is 1. The molecule has 1 aliphatic heterocycles. The Balaban J connectivity index is 0.000000505. The van der Waals surface area contributed by atoms with Crippen molar-refractivity contribution in [2.45, 2.75) is 37.5 Å².